The minimum Gasteiger partial charge on any atom is -0.490 e. The van der Waals surface area contributed by atoms with Gasteiger partial charge in [-0.25, -0.2) is 4.79 Å². The third-order valence-electron chi connectivity index (χ3n) is 5.53. The van der Waals surface area contributed by atoms with E-state index in [-0.39, 0.29) is 12.6 Å². The summed E-state index contributed by atoms with van der Waals surface area (Å²) in [6.45, 7) is 7.87. The predicted molar refractivity (Wildman–Crippen MR) is 121 cm³/mol. The van der Waals surface area contributed by atoms with E-state index in [1.165, 1.54) is 33.4 Å². The number of ether oxygens (including phenoxy) is 2. The average molecular weight is 399 g/mol. The Morgan fingerprint density at radius 1 is 0.967 bits per heavy atom. The standard InChI is InChI=1S/C27H26O3/c1-4-19-16-21(12-13-26(19)29-14-15-30-27(28)18(2)3)23-10-7-11-24-22-9-6-5-8-20(22)17-25(23)24/h5-13,16H,2,4,14-15,17H2,1,3H3. The van der Waals surface area contributed by atoms with E-state index >= 15 is 0 Å². The van der Waals surface area contributed by atoms with Crippen LogP contribution in [0.3, 0.4) is 0 Å². The van der Waals surface area contributed by atoms with Crippen LogP contribution in [0, 0.1) is 0 Å². The molecule has 0 unspecified atom stereocenters. The van der Waals surface area contributed by atoms with Crippen molar-refractivity contribution in [3.05, 3.63) is 89.5 Å². The lowest BCUT2D eigenvalue weighted by Gasteiger charge is -2.14. The number of carbonyl (C=O) groups is 1. The van der Waals surface area contributed by atoms with Gasteiger partial charge in [-0.1, -0.05) is 62.0 Å². The highest BCUT2D eigenvalue weighted by molar-refractivity contribution is 5.87. The fraction of sp³-hybridized carbons (Fsp3) is 0.222. The molecule has 0 radical (unpaired) electrons. The molecule has 0 amide bonds. The summed E-state index contributed by atoms with van der Waals surface area (Å²) in [7, 11) is 0. The topological polar surface area (TPSA) is 35.5 Å². The number of aryl methyl sites for hydroxylation is 1. The largest absolute Gasteiger partial charge is 0.490 e. The molecule has 0 aliphatic heterocycles. The molecule has 3 nitrogen and oxygen atoms in total. The molecule has 30 heavy (non-hydrogen) atoms. The molecule has 152 valence electrons. The van der Waals surface area contributed by atoms with Crippen molar-refractivity contribution in [2.45, 2.75) is 26.7 Å². The smallest absolute Gasteiger partial charge is 0.333 e. The molecule has 3 heteroatoms. The van der Waals surface area contributed by atoms with Gasteiger partial charge in [0.2, 0.25) is 0 Å². The maximum Gasteiger partial charge on any atom is 0.333 e. The Balaban J connectivity index is 1.54. The first kappa shape index (κ1) is 20.0. The van der Waals surface area contributed by atoms with Crippen LogP contribution < -0.4 is 4.74 Å². The van der Waals surface area contributed by atoms with Crippen molar-refractivity contribution in [3.63, 3.8) is 0 Å². The van der Waals surface area contributed by atoms with Crippen LogP contribution in [0.25, 0.3) is 22.3 Å². The van der Waals surface area contributed by atoms with E-state index in [9.17, 15) is 4.79 Å². The van der Waals surface area contributed by atoms with Crippen molar-refractivity contribution in [2.24, 2.45) is 0 Å². The van der Waals surface area contributed by atoms with Crippen molar-refractivity contribution in [1.29, 1.82) is 0 Å². The van der Waals surface area contributed by atoms with Gasteiger partial charge < -0.3 is 9.47 Å². The predicted octanol–water partition coefficient (Wildman–Crippen LogP) is 5.99. The van der Waals surface area contributed by atoms with E-state index in [4.69, 9.17) is 9.47 Å². The van der Waals surface area contributed by atoms with Crippen molar-refractivity contribution in [2.75, 3.05) is 13.2 Å². The first-order valence-electron chi connectivity index (χ1n) is 10.4. The maximum atomic E-state index is 11.5. The highest BCUT2D eigenvalue weighted by Crippen LogP contribution is 2.42. The highest BCUT2D eigenvalue weighted by atomic mass is 16.6. The fourth-order valence-corrected chi connectivity index (χ4v) is 4.00. The second-order valence-corrected chi connectivity index (χ2v) is 7.61. The molecular weight excluding hydrogens is 372 g/mol. The summed E-state index contributed by atoms with van der Waals surface area (Å²) < 4.78 is 11.0. The number of fused-ring (bicyclic) bond motifs is 3. The van der Waals surface area contributed by atoms with Crippen LogP contribution in [0.2, 0.25) is 0 Å². The van der Waals surface area contributed by atoms with E-state index < -0.39 is 0 Å². The Kier molecular flexibility index (Phi) is 5.71. The van der Waals surface area contributed by atoms with Crippen molar-refractivity contribution in [3.8, 4) is 28.0 Å². The zero-order chi connectivity index (χ0) is 21.1. The first-order valence-corrected chi connectivity index (χ1v) is 10.4. The zero-order valence-corrected chi connectivity index (χ0v) is 17.5. The molecular formula is C27H26O3. The molecule has 4 rings (SSSR count). The van der Waals surface area contributed by atoms with E-state index in [0.717, 1.165) is 24.2 Å². The fourth-order valence-electron chi connectivity index (χ4n) is 4.00. The zero-order valence-electron chi connectivity index (χ0n) is 17.5. The lowest BCUT2D eigenvalue weighted by atomic mass is 9.94. The van der Waals surface area contributed by atoms with Gasteiger partial charge in [-0.15, -0.1) is 0 Å². The summed E-state index contributed by atoms with van der Waals surface area (Å²) in [4.78, 5) is 11.5. The molecule has 0 spiro atoms. The molecule has 1 aliphatic rings. The van der Waals surface area contributed by atoms with Gasteiger partial charge in [-0.3, -0.25) is 0 Å². The Bertz CT molecular complexity index is 1110. The third-order valence-corrected chi connectivity index (χ3v) is 5.53. The second kappa shape index (κ2) is 8.58. The summed E-state index contributed by atoms with van der Waals surface area (Å²) in [6, 6.07) is 21.6. The molecule has 0 atom stereocenters. The molecule has 0 aromatic heterocycles. The minimum atomic E-state index is -0.386. The Morgan fingerprint density at radius 2 is 1.73 bits per heavy atom. The number of hydrogen-bond acceptors (Lipinski definition) is 3. The lowest BCUT2D eigenvalue weighted by molar-refractivity contribution is -0.139. The Hall–Kier alpha value is -3.33. The van der Waals surface area contributed by atoms with Crippen LogP contribution >= 0.6 is 0 Å². The van der Waals surface area contributed by atoms with E-state index in [2.05, 4.69) is 68.1 Å². The van der Waals surface area contributed by atoms with Crippen molar-refractivity contribution in [1.82, 2.24) is 0 Å². The Labute approximate surface area is 178 Å². The van der Waals surface area contributed by atoms with Crippen LogP contribution in [0.1, 0.15) is 30.5 Å². The van der Waals surface area contributed by atoms with E-state index in [0.29, 0.717) is 12.2 Å². The minimum absolute atomic E-state index is 0.209. The second-order valence-electron chi connectivity index (χ2n) is 7.61. The van der Waals surface area contributed by atoms with Crippen LogP contribution in [0.15, 0.2) is 72.8 Å². The van der Waals surface area contributed by atoms with Crippen LogP contribution in [0.5, 0.6) is 5.75 Å². The molecule has 0 saturated carbocycles. The maximum absolute atomic E-state index is 11.5. The van der Waals surface area contributed by atoms with Crippen LogP contribution in [-0.4, -0.2) is 19.2 Å². The number of benzene rings is 3. The molecule has 0 heterocycles. The van der Waals surface area contributed by atoms with Gasteiger partial charge in [-0.05, 0) is 70.8 Å². The first-order chi connectivity index (χ1) is 14.6. The van der Waals surface area contributed by atoms with Crippen molar-refractivity contribution >= 4 is 5.97 Å². The molecule has 3 aromatic rings. The average Bonchev–Trinajstić information content (AvgIpc) is 3.15. The summed E-state index contributed by atoms with van der Waals surface area (Å²) in [5, 5.41) is 0. The number of rotatable bonds is 7. The van der Waals surface area contributed by atoms with Gasteiger partial charge in [-0.2, -0.15) is 0 Å². The normalized spacial score (nSPS) is 11.5. The quantitative estimate of drug-likeness (QED) is 0.218. The summed E-state index contributed by atoms with van der Waals surface area (Å²) in [5.74, 6) is 0.451. The van der Waals surface area contributed by atoms with Crippen molar-refractivity contribution < 1.29 is 14.3 Å². The van der Waals surface area contributed by atoms with Gasteiger partial charge in [0, 0.05) is 5.57 Å². The van der Waals surface area contributed by atoms with Gasteiger partial charge in [0.1, 0.15) is 19.0 Å². The summed E-state index contributed by atoms with van der Waals surface area (Å²) in [6.07, 6.45) is 1.83. The van der Waals surface area contributed by atoms with Gasteiger partial charge in [0.05, 0.1) is 0 Å². The van der Waals surface area contributed by atoms with Crippen LogP contribution in [-0.2, 0) is 22.4 Å². The molecule has 0 saturated heterocycles. The van der Waals surface area contributed by atoms with E-state index in [1.807, 2.05) is 6.07 Å². The number of carbonyl (C=O) groups excluding carboxylic acids is 1. The van der Waals surface area contributed by atoms with Gasteiger partial charge >= 0.3 is 5.97 Å². The van der Waals surface area contributed by atoms with E-state index in [1.54, 1.807) is 6.92 Å². The molecule has 0 fully saturated rings. The summed E-state index contributed by atoms with van der Waals surface area (Å²) in [5.41, 5.74) is 9.48. The third kappa shape index (κ3) is 3.88. The molecule has 0 N–H and O–H groups in total. The van der Waals surface area contributed by atoms with Gasteiger partial charge in [0.25, 0.3) is 0 Å². The Morgan fingerprint density at radius 3 is 2.53 bits per heavy atom. The van der Waals surface area contributed by atoms with Crippen LogP contribution in [0.4, 0.5) is 0 Å². The highest BCUT2D eigenvalue weighted by Gasteiger charge is 2.21. The summed E-state index contributed by atoms with van der Waals surface area (Å²) >= 11 is 0. The molecule has 3 aromatic carbocycles. The molecule has 1 aliphatic carbocycles. The molecule has 0 bridgehead atoms. The lowest BCUT2D eigenvalue weighted by Crippen LogP contribution is -2.13. The number of esters is 1. The van der Waals surface area contributed by atoms with Gasteiger partial charge in [0.15, 0.2) is 0 Å². The number of hydrogen-bond donors (Lipinski definition) is 0. The monoisotopic (exact) mass is 398 g/mol. The SMILES string of the molecule is C=C(C)C(=O)OCCOc1ccc(-c2cccc3c2Cc2ccccc2-3)cc1CC.